The van der Waals surface area contributed by atoms with Crippen LogP contribution in [0.15, 0.2) is 60.8 Å². The van der Waals surface area contributed by atoms with Crippen LogP contribution in [0, 0.1) is 0 Å². The molecule has 3 fully saturated rings. The fourth-order valence-electron chi connectivity index (χ4n) is 5.97. The van der Waals surface area contributed by atoms with Gasteiger partial charge in [-0.3, -0.25) is 19.4 Å². The molecule has 0 spiro atoms. The number of nitrogens with zero attached hydrogens (tertiary/aromatic N) is 4. The molecule has 200 valence electrons. The summed E-state index contributed by atoms with van der Waals surface area (Å²) in [6.45, 7) is 1.88. The molecule has 0 bridgehead atoms. The molecule has 7 heteroatoms. The van der Waals surface area contributed by atoms with Gasteiger partial charge in [0.15, 0.2) is 0 Å². The third-order valence-electron chi connectivity index (χ3n) is 8.08. The van der Waals surface area contributed by atoms with Gasteiger partial charge in [-0.05, 0) is 56.7 Å². The van der Waals surface area contributed by atoms with Crippen LogP contribution in [-0.4, -0.2) is 42.3 Å². The summed E-state index contributed by atoms with van der Waals surface area (Å²) in [6.07, 6.45) is 8.78. The molecule has 3 aliphatic rings. The van der Waals surface area contributed by atoms with Gasteiger partial charge < -0.3 is 14.7 Å². The predicted molar refractivity (Wildman–Crippen MR) is 154 cm³/mol. The van der Waals surface area contributed by atoms with Crippen molar-refractivity contribution >= 4 is 34.8 Å². The van der Waals surface area contributed by atoms with Crippen molar-refractivity contribution in [1.82, 2.24) is 4.98 Å². The van der Waals surface area contributed by atoms with Gasteiger partial charge in [0.05, 0.1) is 22.8 Å². The zero-order chi connectivity index (χ0) is 26.8. The topological polar surface area (TPSA) is 73.8 Å². The Morgan fingerprint density at radius 2 is 1.08 bits per heavy atom. The normalized spacial score (nSPS) is 18.6. The molecule has 0 atom stereocenters. The first-order chi connectivity index (χ1) is 19.1. The smallest absolute Gasteiger partial charge is 0.227 e. The average Bonchev–Trinajstić information content (AvgIpc) is 2.98. The van der Waals surface area contributed by atoms with Crippen LogP contribution in [0.3, 0.4) is 0 Å². The number of hydrogen-bond donors (Lipinski definition) is 0. The Labute approximate surface area is 229 Å². The van der Waals surface area contributed by atoms with E-state index in [4.69, 9.17) is 4.98 Å². The van der Waals surface area contributed by atoms with Crippen LogP contribution in [0.2, 0.25) is 0 Å². The molecular weight excluding hydrogens is 488 g/mol. The first-order valence-electron chi connectivity index (χ1n) is 14.2. The van der Waals surface area contributed by atoms with E-state index in [1.54, 1.807) is 0 Å². The molecule has 0 N–H and O–H groups in total. The summed E-state index contributed by atoms with van der Waals surface area (Å²) in [5.74, 6) is 0.246. The Morgan fingerprint density at radius 1 is 0.538 bits per heavy atom. The molecule has 3 aliphatic heterocycles. The second-order valence-corrected chi connectivity index (χ2v) is 10.7. The van der Waals surface area contributed by atoms with E-state index >= 15 is 0 Å². The van der Waals surface area contributed by atoms with Gasteiger partial charge in [-0.1, -0.05) is 36.4 Å². The van der Waals surface area contributed by atoms with E-state index in [0.717, 1.165) is 78.0 Å². The third-order valence-corrected chi connectivity index (χ3v) is 8.08. The number of piperidine rings is 3. The molecule has 3 saturated heterocycles. The fraction of sp³-hybridized carbons (Fsp3) is 0.375. The number of benzene rings is 2. The molecule has 0 saturated carbocycles. The zero-order valence-corrected chi connectivity index (χ0v) is 22.3. The lowest BCUT2D eigenvalue weighted by atomic mass is 9.97. The van der Waals surface area contributed by atoms with E-state index in [1.807, 2.05) is 75.5 Å². The van der Waals surface area contributed by atoms with Crippen LogP contribution in [0.1, 0.15) is 57.8 Å². The van der Waals surface area contributed by atoms with Crippen molar-refractivity contribution < 1.29 is 14.4 Å². The molecule has 3 aromatic rings. The lowest BCUT2D eigenvalue weighted by Crippen LogP contribution is -2.40. The van der Waals surface area contributed by atoms with Gasteiger partial charge in [-0.15, -0.1) is 0 Å². The van der Waals surface area contributed by atoms with Crippen LogP contribution in [-0.2, 0) is 14.4 Å². The number of amides is 3. The minimum Gasteiger partial charge on any atom is -0.312 e. The van der Waals surface area contributed by atoms with Crippen molar-refractivity contribution in [2.45, 2.75) is 57.8 Å². The molecule has 0 aliphatic carbocycles. The summed E-state index contributed by atoms with van der Waals surface area (Å²) >= 11 is 0. The number of rotatable bonds is 5. The number of pyridine rings is 1. The third kappa shape index (κ3) is 5.05. The van der Waals surface area contributed by atoms with Crippen molar-refractivity contribution in [1.29, 1.82) is 0 Å². The van der Waals surface area contributed by atoms with Gasteiger partial charge in [0.1, 0.15) is 0 Å². The molecule has 0 unspecified atom stereocenters. The summed E-state index contributed by atoms with van der Waals surface area (Å²) in [6, 6.07) is 18.1. The largest absolute Gasteiger partial charge is 0.312 e. The Kier molecular flexibility index (Phi) is 7.14. The summed E-state index contributed by atoms with van der Waals surface area (Å²) in [7, 11) is 0. The standard InChI is InChI=1S/C32H34N4O3/c37-30-12-4-7-17-34(30)27-21-29(36-19-9-6-14-32(36)39)28(35-18-8-5-13-31(35)38)20-25(27)24-15-16-26(33-22-24)23-10-2-1-3-11-23/h1-3,10-11,15-16,20-22H,4-9,12-14,17-19H2. The van der Waals surface area contributed by atoms with E-state index in [0.29, 0.717) is 38.9 Å². The Morgan fingerprint density at radius 3 is 1.59 bits per heavy atom. The molecule has 2 aromatic carbocycles. The number of carbonyl (C=O) groups excluding carboxylic acids is 3. The average molecular weight is 523 g/mol. The van der Waals surface area contributed by atoms with Gasteiger partial charge in [0, 0.05) is 61.8 Å². The molecule has 3 amide bonds. The molecule has 7 nitrogen and oxygen atoms in total. The van der Waals surface area contributed by atoms with Crippen LogP contribution < -0.4 is 14.7 Å². The molecule has 4 heterocycles. The van der Waals surface area contributed by atoms with Gasteiger partial charge in [0.2, 0.25) is 17.7 Å². The van der Waals surface area contributed by atoms with E-state index in [-0.39, 0.29) is 17.7 Å². The molecular formula is C32H34N4O3. The number of anilines is 3. The minimum absolute atomic E-state index is 0.0736. The monoisotopic (exact) mass is 522 g/mol. The quantitative estimate of drug-likeness (QED) is 0.414. The minimum atomic E-state index is 0.0736. The maximum Gasteiger partial charge on any atom is 0.227 e. The van der Waals surface area contributed by atoms with Crippen molar-refractivity contribution in [3.05, 3.63) is 60.8 Å². The maximum absolute atomic E-state index is 13.2. The first-order valence-corrected chi connectivity index (χ1v) is 14.2. The number of aromatic nitrogens is 1. The number of hydrogen-bond acceptors (Lipinski definition) is 4. The van der Waals surface area contributed by atoms with E-state index in [2.05, 4.69) is 0 Å². The van der Waals surface area contributed by atoms with Crippen molar-refractivity contribution in [3.63, 3.8) is 0 Å². The molecule has 6 rings (SSSR count). The summed E-state index contributed by atoms with van der Waals surface area (Å²) in [4.78, 5) is 49.7. The highest BCUT2D eigenvalue weighted by Gasteiger charge is 2.31. The molecule has 1 aromatic heterocycles. The zero-order valence-electron chi connectivity index (χ0n) is 22.3. The number of carbonyl (C=O) groups is 3. The first kappa shape index (κ1) is 25.3. The highest BCUT2D eigenvalue weighted by molar-refractivity contribution is 6.07. The van der Waals surface area contributed by atoms with Crippen molar-refractivity contribution in [2.75, 3.05) is 34.3 Å². The summed E-state index contributed by atoms with van der Waals surface area (Å²) in [5.41, 5.74) is 5.93. The SMILES string of the molecule is O=C1CCCCN1c1cc(N2CCCCC2=O)c(N2CCCCC2=O)cc1-c1ccc(-c2ccccc2)nc1. The molecule has 39 heavy (non-hydrogen) atoms. The van der Waals surface area contributed by atoms with Gasteiger partial charge >= 0.3 is 0 Å². The van der Waals surface area contributed by atoms with Crippen LogP contribution >= 0.6 is 0 Å². The van der Waals surface area contributed by atoms with Crippen molar-refractivity contribution in [2.24, 2.45) is 0 Å². The van der Waals surface area contributed by atoms with Crippen LogP contribution in [0.5, 0.6) is 0 Å². The Balaban J connectivity index is 1.52. The van der Waals surface area contributed by atoms with Crippen LogP contribution in [0.4, 0.5) is 17.1 Å². The lowest BCUT2D eigenvalue weighted by molar-refractivity contribution is -0.120. The van der Waals surface area contributed by atoms with E-state index in [9.17, 15) is 14.4 Å². The van der Waals surface area contributed by atoms with E-state index < -0.39 is 0 Å². The van der Waals surface area contributed by atoms with Crippen LogP contribution in [0.25, 0.3) is 22.4 Å². The second-order valence-electron chi connectivity index (χ2n) is 10.7. The highest BCUT2D eigenvalue weighted by atomic mass is 16.2. The molecule has 0 radical (unpaired) electrons. The predicted octanol–water partition coefficient (Wildman–Crippen LogP) is 5.97. The lowest BCUT2D eigenvalue weighted by Gasteiger charge is -2.36. The Bertz CT molecular complexity index is 1390. The van der Waals surface area contributed by atoms with Crippen molar-refractivity contribution in [3.8, 4) is 22.4 Å². The summed E-state index contributed by atoms with van der Waals surface area (Å²) < 4.78 is 0. The van der Waals surface area contributed by atoms with E-state index in [1.165, 1.54) is 0 Å². The highest BCUT2D eigenvalue weighted by Crippen LogP contribution is 2.44. The maximum atomic E-state index is 13.2. The van der Waals surface area contributed by atoms with Gasteiger partial charge in [0.25, 0.3) is 0 Å². The van der Waals surface area contributed by atoms with Gasteiger partial charge in [-0.2, -0.15) is 0 Å². The summed E-state index contributed by atoms with van der Waals surface area (Å²) in [5, 5.41) is 0. The fourth-order valence-corrected chi connectivity index (χ4v) is 5.97. The second kappa shape index (κ2) is 11.0. The Hall–Kier alpha value is -4.00. The van der Waals surface area contributed by atoms with Gasteiger partial charge in [-0.25, -0.2) is 0 Å².